The number of benzene rings is 1. The van der Waals surface area contributed by atoms with Gasteiger partial charge >= 0.3 is 0 Å². The second-order valence-electron chi connectivity index (χ2n) is 6.13. The van der Waals surface area contributed by atoms with Gasteiger partial charge in [-0.1, -0.05) is 6.07 Å². The molecule has 1 aliphatic heterocycles. The minimum absolute atomic E-state index is 0.0188. The predicted molar refractivity (Wildman–Crippen MR) is 89.0 cm³/mol. The maximum Gasteiger partial charge on any atom is 0.224 e. The molecule has 1 aromatic carbocycles. The summed E-state index contributed by atoms with van der Waals surface area (Å²) in [6, 6.07) is 5.99. The number of hydrogen-bond donors (Lipinski definition) is 0. The second kappa shape index (κ2) is 7.43. The molecule has 0 radical (unpaired) electrons. The first-order valence-corrected chi connectivity index (χ1v) is 8.12. The standard InChI is InChI=1S/C18H26N2O2/c1-14-7-8-17(13-15(14)2)20(16(3)21)12-9-18(22)19-10-5-4-6-11-19/h7-8,13H,4-6,9-12H2,1-3H3. The molecule has 0 spiro atoms. The Morgan fingerprint density at radius 3 is 2.36 bits per heavy atom. The summed E-state index contributed by atoms with van der Waals surface area (Å²) in [5.74, 6) is 0.143. The Balaban J connectivity index is 2.01. The Morgan fingerprint density at radius 1 is 1.09 bits per heavy atom. The SMILES string of the molecule is CC(=O)N(CCC(=O)N1CCCCC1)c1ccc(C)c(C)c1. The summed E-state index contributed by atoms with van der Waals surface area (Å²) in [5, 5.41) is 0. The van der Waals surface area contributed by atoms with E-state index in [1.54, 1.807) is 11.8 Å². The molecule has 1 aromatic rings. The number of likely N-dealkylation sites (tertiary alicyclic amines) is 1. The first-order chi connectivity index (χ1) is 10.5. The van der Waals surface area contributed by atoms with Crippen molar-refractivity contribution in [3.63, 3.8) is 0 Å². The summed E-state index contributed by atoms with van der Waals surface area (Å²) in [7, 11) is 0. The van der Waals surface area contributed by atoms with E-state index in [4.69, 9.17) is 0 Å². The number of amides is 2. The van der Waals surface area contributed by atoms with E-state index in [2.05, 4.69) is 6.92 Å². The highest BCUT2D eigenvalue weighted by molar-refractivity contribution is 5.92. The molecule has 0 aromatic heterocycles. The van der Waals surface area contributed by atoms with Crippen LogP contribution in [0.15, 0.2) is 18.2 Å². The Labute approximate surface area is 133 Å². The lowest BCUT2D eigenvalue weighted by molar-refractivity contribution is -0.131. The van der Waals surface area contributed by atoms with E-state index >= 15 is 0 Å². The van der Waals surface area contributed by atoms with Gasteiger partial charge in [0.1, 0.15) is 0 Å². The number of carbonyl (C=O) groups is 2. The van der Waals surface area contributed by atoms with E-state index in [0.717, 1.165) is 37.2 Å². The summed E-state index contributed by atoms with van der Waals surface area (Å²) >= 11 is 0. The van der Waals surface area contributed by atoms with E-state index < -0.39 is 0 Å². The van der Waals surface area contributed by atoms with Crippen LogP contribution in [0, 0.1) is 13.8 Å². The number of nitrogens with zero attached hydrogens (tertiary/aromatic N) is 2. The first-order valence-electron chi connectivity index (χ1n) is 8.12. The molecule has 0 N–H and O–H groups in total. The van der Waals surface area contributed by atoms with Crippen LogP contribution in [0.4, 0.5) is 5.69 Å². The molecule has 120 valence electrons. The molecule has 1 heterocycles. The zero-order valence-electron chi connectivity index (χ0n) is 13.9. The Hall–Kier alpha value is -1.84. The molecule has 4 nitrogen and oxygen atoms in total. The Morgan fingerprint density at radius 2 is 1.77 bits per heavy atom. The van der Waals surface area contributed by atoms with Gasteiger partial charge < -0.3 is 9.80 Å². The highest BCUT2D eigenvalue weighted by Gasteiger charge is 2.19. The van der Waals surface area contributed by atoms with Crippen LogP contribution in [-0.2, 0) is 9.59 Å². The lowest BCUT2D eigenvalue weighted by Gasteiger charge is -2.28. The molecule has 1 saturated heterocycles. The van der Waals surface area contributed by atoms with Crippen LogP contribution in [0.2, 0.25) is 0 Å². The van der Waals surface area contributed by atoms with Gasteiger partial charge in [-0.15, -0.1) is 0 Å². The third kappa shape index (κ3) is 4.09. The quantitative estimate of drug-likeness (QED) is 0.857. The highest BCUT2D eigenvalue weighted by Crippen LogP contribution is 2.20. The minimum atomic E-state index is -0.0188. The normalized spacial score (nSPS) is 14.8. The minimum Gasteiger partial charge on any atom is -0.343 e. The van der Waals surface area contributed by atoms with Crippen molar-refractivity contribution >= 4 is 17.5 Å². The van der Waals surface area contributed by atoms with Gasteiger partial charge in [0.15, 0.2) is 0 Å². The van der Waals surface area contributed by atoms with Crippen LogP contribution in [0.3, 0.4) is 0 Å². The number of piperidine rings is 1. The third-order valence-electron chi connectivity index (χ3n) is 4.44. The largest absolute Gasteiger partial charge is 0.343 e. The molecular formula is C18H26N2O2. The highest BCUT2D eigenvalue weighted by atomic mass is 16.2. The summed E-state index contributed by atoms with van der Waals surface area (Å²) in [6.45, 7) is 7.83. The molecule has 0 unspecified atom stereocenters. The molecule has 22 heavy (non-hydrogen) atoms. The van der Waals surface area contributed by atoms with Gasteiger partial charge in [-0.2, -0.15) is 0 Å². The summed E-state index contributed by atoms with van der Waals surface area (Å²) < 4.78 is 0. The van der Waals surface area contributed by atoms with Gasteiger partial charge in [0.25, 0.3) is 0 Å². The van der Waals surface area contributed by atoms with Crippen molar-refractivity contribution in [1.82, 2.24) is 4.90 Å². The number of rotatable bonds is 4. The molecule has 2 rings (SSSR count). The van der Waals surface area contributed by atoms with Crippen molar-refractivity contribution in [3.05, 3.63) is 29.3 Å². The number of hydrogen-bond acceptors (Lipinski definition) is 2. The molecule has 4 heteroatoms. The zero-order valence-corrected chi connectivity index (χ0v) is 13.9. The van der Waals surface area contributed by atoms with Crippen molar-refractivity contribution in [3.8, 4) is 0 Å². The van der Waals surface area contributed by atoms with E-state index in [9.17, 15) is 9.59 Å². The fourth-order valence-electron chi connectivity index (χ4n) is 2.87. The molecule has 2 amide bonds. The lowest BCUT2D eigenvalue weighted by atomic mass is 10.1. The second-order valence-corrected chi connectivity index (χ2v) is 6.13. The van der Waals surface area contributed by atoms with E-state index in [1.807, 2.05) is 30.0 Å². The Kier molecular flexibility index (Phi) is 5.58. The maximum absolute atomic E-state index is 12.3. The monoisotopic (exact) mass is 302 g/mol. The van der Waals surface area contributed by atoms with Crippen molar-refractivity contribution in [2.75, 3.05) is 24.5 Å². The van der Waals surface area contributed by atoms with Crippen LogP contribution in [0.5, 0.6) is 0 Å². The molecule has 1 fully saturated rings. The number of carbonyl (C=O) groups excluding carboxylic acids is 2. The van der Waals surface area contributed by atoms with E-state index in [1.165, 1.54) is 12.0 Å². The lowest BCUT2D eigenvalue weighted by Crippen LogP contribution is -2.39. The van der Waals surface area contributed by atoms with Crippen LogP contribution < -0.4 is 4.90 Å². The van der Waals surface area contributed by atoms with Crippen molar-refractivity contribution in [2.24, 2.45) is 0 Å². The van der Waals surface area contributed by atoms with Gasteiger partial charge in [-0.25, -0.2) is 0 Å². The maximum atomic E-state index is 12.3. The van der Waals surface area contributed by atoms with Crippen LogP contribution in [-0.4, -0.2) is 36.3 Å². The predicted octanol–water partition coefficient (Wildman–Crippen LogP) is 3.06. The summed E-state index contributed by atoms with van der Waals surface area (Å²) in [4.78, 5) is 27.8. The van der Waals surface area contributed by atoms with Gasteiger partial charge in [0, 0.05) is 38.7 Å². The Bertz CT molecular complexity index is 548. The van der Waals surface area contributed by atoms with Crippen molar-refractivity contribution < 1.29 is 9.59 Å². The van der Waals surface area contributed by atoms with Gasteiger partial charge in [-0.3, -0.25) is 9.59 Å². The third-order valence-corrected chi connectivity index (χ3v) is 4.44. The van der Waals surface area contributed by atoms with Crippen LogP contribution in [0.25, 0.3) is 0 Å². The van der Waals surface area contributed by atoms with Crippen molar-refractivity contribution in [1.29, 1.82) is 0 Å². The molecule has 0 atom stereocenters. The van der Waals surface area contributed by atoms with Crippen LogP contribution >= 0.6 is 0 Å². The van der Waals surface area contributed by atoms with E-state index in [-0.39, 0.29) is 11.8 Å². The smallest absolute Gasteiger partial charge is 0.224 e. The van der Waals surface area contributed by atoms with Crippen LogP contribution in [0.1, 0.15) is 43.7 Å². The summed E-state index contributed by atoms with van der Waals surface area (Å²) in [6.07, 6.45) is 3.80. The average Bonchev–Trinajstić information content (AvgIpc) is 2.51. The molecule has 0 bridgehead atoms. The molecule has 1 aliphatic rings. The van der Waals surface area contributed by atoms with E-state index in [0.29, 0.717) is 13.0 Å². The molecule has 0 saturated carbocycles. The molecule has 0 aliphatic carbocycles. The number of anilines is 1. The average molecular weight is 302 g/mol. The number of aryl methyl sites for hydroxylation is 2. The van der Waals surface area contributed by atoms with Crippen molar-refractivity contribution in [2.45, 2.75) is 46.5 Å². The molecular weight excluding hydrogens is 276 g/mol. The topological polar surface area (TPSA) is 40.6 Å². The van der Waals surface area contributed by atoms with Gasteiger partial charge in [0.2, 0.25) is 11.8 Å². The zero-order chi connectivity index (χ0) is 16.1. The summed E-state index contributed by atoms with van der Waals surface area (Å²) in [5.41, 5.74) is 3.24. The first kappa shape index (κ1) is 16.5. The van der Waals surface area contributed by atoms with Gasteiger partial charge in [0.05, 0.1) is 0 Å². The fourth-order valence-corrected chi connectivity index (χ4v) is 2.87. The van der Waals surface area contributed by atoms with Gasteiger partial charge in [-0.05, 0) is 56.4 Å². The fraction of sp³-hybridized carbons (Fsp3) is 0.556.